The van der Waals surface area contributed by atoms with Crippen LogP contribution in [0.3, 0.4) is 0 Å². The first-order chi connectivity index (χ1) is 14.1. The highest BCUT2D eigenvalue weighted by Gasteiger charge is 2.50. The Morgan fingerprint density at radius 2 is 2.13 bits per heavy atom. The number of hydrogen-bond donors (Lipinski definition) is 1. The topological polar surface area (TPSA) is 68.6 Å². The number of anilines is 1. The van der Waals surface area contributed by atoms with Gasteiger partial charge in [0.15, 0.2) is 0 Å². The van der Waals surface area contributed by atoms with Crippen LogP contribution in [-0.4, -0.2) is 56.9 Å². The SMILES string of the molecule is COC[C@@]12CCN(C(=O)NC(C)C)C[C@@H]1CN(c1ccc(C#N)c(C(F)(F)F)c1)C2. The summed E-state index contributed by atoms with van der Waals surface area (Å²) in [7, 11) is 1.62. The summed E-state index contributed by atoms with van der Waals surface area (Å²) in [6.07, 6.45) is -3.88. The largest absolute Gasteiger partial charge is 0.417 e. The Morgan fingerprint density at radius 3 is 2.73 bits per heavy atom. The Labute approximate surface area is 174 Å². The van der Waals surface area contributed by atoms with Crippen LogP contribution in [0.2, 0.25) is 0 Å². The molecule has 1 N–H and O–H groups in total. The summed E-state index contributed by atoms with van der Waals surface area (Å²) in [4.78, 5) is 16.2. The quantitative estimate of drug-likeness (QED) is 0.804. The number of benzene rings is 1. The number of nitrogens with zero attached hydrogens (tertiary/aromatic N) is 3. The third-order valence-corrected chi connectivity index (χ3v) is 6.06. The fraction of sp³-hybridized carbons (Fsp3) is 0.619. The smallest absolute Gasteiger partial charge is 0.384 e. The lowest BCUT2D eigenvalue weighted by Crippen LogP contribution is -2.54. The number of ether oxygens (including phenoxy) is 1. The van der Waals surface area contributed by atoms with Gasteiger partial charge in [0.1, 0.15) is 0 Å². The summed E-state index contributed by atoms with van der Waals surface area (Å²) in [6, 6.07) is 5.38. The number of carbonyl (C=O) groups is 1. The minimum Gasteiger partial charge on any atom is -0.384 e. The molecule has 164 valence electrons. The molecule has 2 fully saturated rings. The van der Waals surface area contributed by atoms with E-state index >= 15 is 0 Å². The number of carbonyl (C=O) groups excluding carboxylic acids is 1. The molecule has 6 nitrogen and oxygen atoms in total. The molecule has 2 saturated heterocycles. The van der Waals surface area contributed by atoms with Gasteiger partial charge in [0, 0.05) is 56.4 Å². The van der Waals surface area contributed by atoms with Crippen molar-refractivity contribution < 1.29 is 22.7 Å². The summed E-state index contributed by atoms with van der Waals surface area (Å²) in [6.45, 7) is 6.46. The average molecular weight is 424 g/mol. The van der Waals surface area contributed by atoms with Crippen LogP contribution in [0.15, 0.2) is 18.2 Å². The monoisotopic (exact) mass is 424 g/mol. The molecule has 2 aliphatic rings. The number of nitrogens with one attached hydrogen (secondary N) is 1. The molecule has 0 unspecified atom stereocenters. The number of urea groups is 1. The van der Waals surface area contributed by atoms with Gasteiger partial charge in [-0.3, -0.25) is 0 Å². The van der Waals surface area contributed by atoms with E-state index in [2.05, 4.69) is 5.32 Å². The molecule has 2 amide bonds. The molecule has 0 saturated carbocycles. The molecule has 1 aromatic rings. The lowest BCUT2D eigenvalue weighted by atomic mass is 9.73. The van der Waals surface area contributed by atoms with E-state index in [-0.39, 0.29) is 29.0 Å². The molecule has 0 spiro atoms. The molecule has 0 aromatic heterocycles. The number of nitriles is 1. The minimum absolute atomic E-state index is 0.0303. The van der Waals surface area contributed by atoms with Gasteiger partial charge in [-0.2, -0.15) is 18.4 Å². The molecular formula is C21H27F3N4O2. The lowest BCUT2D eigenvalue weighted by Gasteiger charge is -2.43. The van der Waals surface area contributed by atoms with Gasteiger partial charge in [0.25, 0.3) is 0 Å². The normalized spacial score (nSPS) is 24.0. The number of methoxy groups -OCH3 is 1. The minimum atomic E-state index is -4.59. The Kier molecular flexibility index (Phi) is 6.18. The zero-order chi connectivity index (χ0) is 22.1. The number of piperidine rings is 1. The van der Waals surface area contributed by atoms with Crippen LogP contribution in [0, 0.1) is 22.7 Å². The number of likely N-dealkylation sites (tertiary alicyclic amines) is 1. The first kappa shape index (κ1) is 22.2. The highest BCUT2D eigenvalue weighted by atomic mass is 19.4. The van der Waals surface area contributed by atoms with Crippen molar-refractivity contribution in [2.75, 3.05) is 44.8 Å². The molecule has 2 aliphatic heterocycles. The van der Waals surface area contributed by atoms with Crippen LogP contribution in [0.4, 0.5) is 23.7 Å². The van der Waals surface area contributed by atoms with Gasteiger partial charge in [-0.05, 0) is 38.5 Å². The molecule has 0 aliphatic carbocycles. The van der Waals surface area contributed by atoms with E-state index in [1.807, 2.05) is 18.7 Å². The molecule has 3 rings (SSSR count). The molecule has 0 bridgehead atoms. The van der Waals surface area contributed by atoms with Gasteiger partial charge >= 0.3 is 12.2 Å². The maximum Gasteiger partial charge on any atom is 0.417 e. The van der Waals surface area contributed by atoms with Crippen molar-refractivity contribution in [1.82, 2.24) is 10.2 Å². The second-order valence-electron chi connectivity index (χ2n) is 8.51. The number of hydrogen-bond acceptors (Lipinski definition) is 4. The van der Waals surface area contributed by atoms with Crippen molar-refractivity contribution in [3.05, 3.63) is 29.3 Å². The fourth-order valence-electron chi connectivity index (χ4n) is 4.59. The van der Waals surface area contributed by atoms with Crippen LogP contribution in [-0.2, 0) is 10.9 Å². The summed E-state index contributed by atoms with van der Waals surface area (Å²) >= 11 is 0. The molecule has 0 radical (unpaired) electrons. The van der Waals surface area contributed by atoms with E-state index in [9.17, 15) is 18.0 Å². The van der Waals surface area contributed by atoms with Gasteiger partial charge in [-0.25, -0.2) is 4.79 Å². The second-order valence-corrected chi connectivity index (χ2v) is 8.51. The van der Waals surface area contributed by atoms with Gasteiger partial charge in [0.05, 0.1) is 23.8 Å². The van der Waals surface area contributed by atoms with Gasteiger partial charge in [0.2, 0.25) is 0 Å². The number of fused-ring (bicyclic) bond motifs is 1. The standard InChI is InChI=1S/C21H27F3N4O2/c1-14(2)26-19(29)27-7-6-20(13-30-3)12-28(11-16(20)10-27)17-5-4-15(9-25)18(8-17)21(22,23)24/h4-5,8,14,16H,6-7,10-13H2,1-3H3,(H,26,29)/t16-,20+/m1/s1. The summed E-state index contributed by atoms with van der Waals surface area (Å²) in [5.41, 5.74) is -1.10. The van der Waals surface area contributed by atoms with Crippen molar-refractivity contribution in [3.8, 4) is 6.07 Å². The summed E-state index contributed by atoms with van der Waals surface area (Å²) in [5.74, 6) is 0.0779. The predicted octanol–water partition coefficient (Wildman–Crippen LogP) is 3.47. The molecule has 9 heteroatoms. The Morgan fingerprint density at radius 1 is 1.40 bits per heavy atom. The fourth-order valence-corrected chi connectivity index (χ4v) is 4.59. The number of amides is 2. The number of halogens is 3. The van der Waals surface area contributed by atoms with Crippen molar-refractivity contribution in [2.24, 2.45) is 11.3 Å². The summed E-state index contributed by atoms with van der Waals surface area (Å²) < 4.78 is 45.7. The van der Waals surface area contributed by atoms with E-state index < -0.39 is 11.7 Å². The molecule has 2 atom stereocenters. The van der Waals surface area contributed by atoms with Crippen LogP contribution < -0.4 is 10.2 Å². The van der Waals surface area contributed by atoms with E-state index in [4.69, 9.17) is 10.00 Å². The van der Waals surface area contributed by atoms with Crippen molar-refractivity contribution in [3.63, 3.8) is 0 Å². The van der Waals surface area contributed by atoms with Crippen molar-refractivity contribution in [2.45, 2.75) is 32.5 Å². The van der Waals surface area contributed by atoms with Crippen LogP contribution in [0.25, 0.3) is 0 Å². The molecule has 30 heavy (non-hydrogen) atoms. The average Bonchev–Trinajstić information content (AvgIpc) is 3.05. The van der Waals surface area contributed by atoms with E-state index in [0.29, 0.717) is 38.5 Å². The van der Waals surface area contributed by atoms with Gasteiger partial charge in [-0.1, -0.05) is 0 Å². The highest BCUT2D eigenvalue weighted by Crippen LogP contribution is 2.45. The maximum absolute atomic E-state index is 13.4. The third-order valence-electron chi connectivity index (χ3n) is 6.06. The second kappa shape index (κ2) is 8.34. The maximum atomic E-state index is 13.4. The van der Waals surface area contributed by atoms with Gasteiger partial charge < -0.3 is 19.9 Å². The van der Waals surface area contributed by atoms with Crippen LogP contribution in [0.1, 0.15) is 31.4 Å². The molecule has 2 heterocycles. The third kappa shape index (κ3) is 4.33. The van der Waals surface area contributed by atoms with Crippen molar-refractivity contribution in [1.29, 1.82) is 5.26 Å². The van der Waals surface area contributed by atoms with Crippen LogP contribution >= 0.6 is 0 Å². The highest BCUT2D eigenvalue weighted by molar-refractivity contribution is 5.74. The van der Waals surface area contributed by atoms with E-state index in [0.717, 1.165) is 12.5 Å². The Hall–Kier alpha value is -2.47. The molecular weight excluding hydrogens is 397 g/mol. The Balaban J connectivity index is 1.85. The number of rotatable bonds is 4. The van der Waals surface area contributed by atoms with Gasteiger partial charge in [-0.15, -0.1) is 0 Å². The summed E-state index contributed by atoms with van der Waals surface area (Å²) in [5, 5.41) is 11.9. The molecule has 1 aromatic carbocycles. The number of alkyl halides is 3. The van der Waals surface area contributed by atoms with E-state index in [1.54, 1.807) is 24.1 Å². The predicted molar refractivity (Wildman–Crippen MR) is 106 cm³/mol. The lowest BCUT2D eigenvalue weighted by molar-refractivity contribution is -0.137. The zero-order valence-electron chi connectivity index (χ0n) is 17.4. The Bertz CT molecular complexity index is 837. The first-order valence-electron chi connectivity index (χ1n) is 10.0. The van der Waals surface area contributed by atoms with E-state index in [1.165, 1.54) is 6.07 Å². The van der Waals surface area contributed by atoms with Crippen LogP contribution in [0.5, 0.6) is 0 Å². The van der Waals surface area contributed by atoms with Crippen molar-refractivity contribution >= 4 is 11.7 Å². The first-order valence-corrected chi connectivity index (χ1v) is 10.0. The zero-order valence-corrected chi connectivity index (χ0v) is 17.4.